The highest BCUT2D eigenvalue weighted by Gasteiger charge is 2.24. The van der Waals surface area contributed by atoms with E-state index in [0.717, 1.165) is 29.4 Å². The van der Waals surface area contributed by atoms with Crippen molar-refractivity contribution in [2.75, 3.05) is 0 Å². The maximum Gasteiger partial charge on any atom is 0.329 e. The van der Waals surface area contributed by atoms with Gasteiger partial charge in [-0.05, 0) is 37.0 Å². The minimum atomic E-state index is 0.0591. The molecule has 1 saturated carbocycles. The van der Waals surface area contributed by atoms with Gasteiger partial charge in [0.15, 0.2) is 0 Å². The highest BCUT2D eigenvalue weighted by Crippen LogP contribution is 2.33. The molecular weight excluding hydrogens is 226 g/mol. The summed E-state index contributed by atoms with van der Waals surface area (Å²) in [4.78, 5) is 12.3. The fraction of sp³-hybridized carbons (Fsp3) is 0.429. The number of aromatic nitrogens is 2. The van der Waals surface area contributed by atoms with Crippen molar-refractivity contribution < 1.29 is 0 Å². The average Bonchev–Trinajstić information content (AvgIpc) is 2.53. The summed E-state index contributed by atoms with van der Waals surface area (Å²) in [5.74, 6) is 0. The molecule has 0 unspecified atom stereocenters. The van der Waals surface area contributed by atoms with Gasteiger partial charge in [0.05, 0.1) is 23.5 Å². The van der Waals surface area contributed by atoms with Gasteiger partial charge in [0, 0.05) is 13.1 Å². The number of aryl methyl sites for hydroxylation is 1. The molecule has 2 aromatic rings. The van der Waals surface area contributed by atoms with E-state index in [0.29, 0.717) is 12.5 Å². The summed E-state index contributed by atoms with van der Waals surface area (Å²) in [6.07, 6.45) is 3.79. The molecule has 1 aromatic heterocycles. The van der Waals surface area contributed by atoms with Crippen LogP contribution in [0.2, 0.25) is 0 Å². The molecule has 3 rings (SSSR count). The maximum absolute atomic E-state index is 12.3. The van der Waals surface area contributed by atoms with Gasteiger partial charge in [-0.25, -0.2) is 4.79 Å². The van der Waals surface area contributed by atoms with Crippen molar-refractivity contribution in [3.05, 3.63) is 34.2 Å². The molecule has 0 bridgehead atoms. The highest BCUT2D eigenvalue weighted by molar-refractivity contribution is 5.77. The van der Waals surface area contributed by atoms with Crippen LogP contribution in [0.3, 0.4) is 0 Å². The summed E-state index contributed by atoms with van der Waals surface area (Å²) < 4.78 is 3.60. The molecule has 4 heteroatoms. The van der Waals surface area contributed by atoms with Gasteiger partial charge in [-0.15, -0.1) is 0 Å². The zero-order valence-corrected chi connectivity index (χ0v) is 10.4. The lowest BCUT2D eigenvalue weighted by Crippen LogP contribution is -2.29. The molecule has 0 saturated heterocycles. The largest absolute Gasteiger partial charge is 0.329 e. The normalized spacial score (nSPS) is 15.6. The van der Waals surface area contributed by atoms with E-state index in [4.69, 9.17) is 5.26 Å². The zero-order chi connectivity index (χ0) is 12.7. The monoisotopic (exact) mass is 241 g/mol. The Labute approximate surface area is 105 Å². The second kappa shape index (κ2) is 4.02. The Balaban J connectivity index is 2.23. The fourth-order valence-electron chi connectivity index (χ4n) is 2.61. The first-order valence-electron chi connectivity index (χ1n) is 6.29. The molecule has 18 heavy (non-hydrogen) atoms. The van der Waals surface area contributed by atoms with Crippen LogP contribution in [0.25, 0.3) is 11.0 Å². The van der Waals surface area contributed by atoms with E-state index < -0.39 is 0 Å². The Kier molecular flexibility index (Phi) is 2.48. The molecule has 4 nitrogen and oxygen atoms in total. The lowest BCUT2D eigenvalue weighted by atomic mass is 9.93. The van der Waals surface area contributed by atoms with Crippen LogP contribution in [0.5, 0.6) is 0 Å². The Morgan fingerprint density at radius 1 is 1.39 bits per heavy atom. The molecule has 0 amide bonds. The smallest absolute Gasteiger partial charge is 0.295 e. The van der Waals surface area contributed by atoms with Gasteiger partial charge in [-0.3, -0.25) is 9.13 Å². The second-order valence-electron chi connectivity index (χ2n) is 4.95. The van der Waals surface area contributed by atoms with Gasteiger partial charge in [0.25, 0.3) is 0 Å². The van der Waals surface area contributed by atoms with E-state index in [9.17, 15) is 4.79 Å². The van der Waals surface area contributed by atoms with Crippen LogP contribution >= 0.6 is 0 Å². The zero-order valence-electron chi connectivity index (χ0n) is 10.4. The van der Waals surface area contributed by atoms with E-state index in [-0.39, 0.29) is 5.69 Å². The van der Waals surface area contributed by atoms with Crippen LogP contribution in [-0.2, 0) is 13.5 Å². The van der Waals surface area contributed by atoms with Crippen molar-refractivity contribution in [2.45, 2.75) is 31.7 Å². The van der Waals surface area contributed by atoms with Crippen LogP contribution in [0, 0.1) is 11.3 Å². The molecule has 1 aliphatic carbocycles. The standard InChI is InChI=1S/C14H15N3O/c1-16-13-9-10(7-8-15)5-6-12(13)17(14(16)18)11-3-2-4-11/h5-6,9,11H,2-4,7H2,1H3. The van der Waals surface area contributed by atoms with E-state index in [1.165, 1.54) is 6.42 Å². The number of benzene rings is 1. The summed E-state index contributed by atoms with van der Waals surface area (Å²) in [5.41, 5.74) is 2.95. The summed E-state index contributed by atoms with van der Waals surface area (Å²) in [7, 11) is 1.80. The Morgan fingerprint density at radius 3 is 2.78 bits per heavy atom. The third-order valence-electron chi connectivity index (χ3n) is 3.88. The number of nitrogens with zero attached hydrogens (tertiary/aromatic N) is 3. The molecule has 92 valence electrons. The Morgan fingerprint density at radius 2 is 2.17 bits per heavy atom. The highest BCUT2D eigenvalue weighted by atomic mass is 16.1. The SMILES string of the molecule is Cn1c(=O)n(C2CCC2)c2ccc(CC#N)cc21. The fourth-order valence-corrected chi connectivity index (χ4v) is 2.61. The van der Waals surface area contributed by atoms with E-state index >= 15 is 0 Å². The van der Waals surface area contributed by atoms with Crippen LogP contribution in [0.1, 0.15) is 30.9 Å². The number of fused-ring (bicyclic) bond motifs is 1. The molecule has 1 aliphatic rings. The number of hydrogen-bond donors (Lipinski definition) is 0. The molecule has 0 radical (unpaired) electrons. The number of hydrogen-bond acceptors (Lipinski definition) is 2. The maximum atomic E-state index is 12.3. The number of rotatable bonds is 2. The molecule has 0 N–H and O–H groups in total. The van der Waals surface area contributed by atoms with Crippen molar-refractivity contribution in [1.29, 1.82) is 5.26 Å². The molecule has 1 heterocycles. The predicted octanol–water partition coefficient (Wildman–Crippen LogP) is 2.13. The third kappa shape index (κ3) is 1.47. The van der Waals surface area contributed by atoms with E-state index in [1.54, 1.807) is 11.6 Å². The summed E-state index contributed by atoms with van der Waals surface area (Å²) >= 11 is 0. The minimum absolute atomic E-state index is 0.0591. The summed E-state index contributed by atoms with van der Waals surface area (Å²) in [5, 5.41) is 8.73. The van der Waals surface area contributed by atoms with Gasteiger partial charge < -0.3 is 0 Å². The molecule has 0 aliphatic heterocycles. The van der Waals surface area contributed by atoms with Gasteiger partial charge in [-0.1, -0.05) is 6.07 Å². The lowest BCUT2D eigenvalue weighted by molar-refractivity contribution is 0.312. The van der Waals surface area contributed by atoms with Gasteiger partial charge >= 0.3 is 5.69 Å². The number of imidazole rings is 1. The quantitative estimate of drug-likeness (QED) is 0.808. The topological polar surface area (TPSA) is 50.7 Å². The molecular formula is C14H15N3O. The molecule has 0 spiro atoms. The van der Waals surface area contributed by atoms with Crippen LogP contribution in [-0.4, -0.2) is 9.13 Å². The van der Waals surface area contributed by atoms with Crippen LogP contribution in [0.4, 0.5) is 0 Å². The van der Waals surface area contributed by atoms with Crippen molar-refractivity contribution >= 4 is 11.0 Å². The van der Waals surface area contributed by atoms with Gasteiger partial charge in [0.1, 0.15) is 0 Å². The number of nitriles is 1. The first-order chi connectivity index (χ1) is 8.72. The van der Waals surface area contributed by atoms with Crippen LogP contribution < -0.4 is 5.69 Å². The van der Waals surface area contributed by atoms with Gasteiger partial charge in [-0.2, -0.15) is 5.26 Å². The van der Waals surface area contributed by atoms with Gasteiger partial charge in [0.2, 0.25) is 0 Å². The van der Waals surface area contributed by atoms with Crippen molar-refractivity contribution in [2.24, 2.45) is 7.05 Å². The lowest BCUT2D eigenvalue weighted by Gasteiger charge is -2.26. The summed E-state index contributed by atoms with van der Waals surface area (Å²) in [6, 6.07) is 8.38. The first kappa shape index (κ1) is 11.1. The minimum Gasteiger partial charge on any atom is -0.295 e. The van der Waals surface area contributed by atoms with Crippen LogP contribution in [0.15, 0.2) is 23.0 Å². The predicted molar refractivity (Wildman–Crippen MR) is 69.4 cm³/mol. The average molecular weight is 241 g/mol. The Bertz CT molecular complexity index is 698. The molecule has 1 fully saturated rings. The molecule has 1 aromatic carbocycles. The summed E-state index contributed by atoms with van der Waals surface area (Å²) in [6.45, 7) is 0. The van der Waals surface area contributed by atoms with E-state index in [2.05, 4.69) is 6.07 Å². The third-order valence-corrected chi connectivity index (χ3v) is 3.88. The van der Waals surface area contributed by atoms with E-state index in [1.807, 2.05) is 22.8 Å². The van der Waals surface area contributed by atoms with Crippen molar-refractivity contribution in [3.8, 4) is 6.07 Å². The van der Waals surface area contributed by atoms with Crippen molar-refractivity contribution in [3.63, 3.8) is 0 Å². The first-order valence-corrected chi connectivity index (χ1v) is 6.29. The molecule has 0 atom stereocenters. The van der Waals surface area contributed by atoms with Crippen molar-refractivity contribution in [1.82, 2.24) is 9.13 Å². The Hall–Kier alpha value is -2.02. The second-order valence-corrected chi connectivity index (χ2v) is 4.95.